The van der Waals surface area contributed by atoms with Crippen molar-refractivity contribution < 1.29 is 9.21 Å². The first-order chi connectivity index (χ1) is 14.4. The maximum absolute atomic E-state index is 12.5. The fraction of sp³-hybridized carbons (Fsp3) is 0.105. The molecule has 0 saturated carbocycles. The summed E-state index contributed by atoms with van der Waals surface area (Å²) in [5.74, 6) is -0.129. The first kappa shape index (κ1) is 20.2. The molecule has 0 unspecified atom stereocenters. The highest BCUT2D eigenvalue weighted by Gasteiger charge is 2.15. The van der Waals surface area contributed by atoms with E-state index in [-0.39, 0.29) is 24.2 Å². The molecular weight excluding hydrogens is 522 g/mol. The van der Waals surface area contributed by atoms with Crippen LogP contribution in [0.5, 0.6) is 0 Å². The van der Waals surface area contributed by atoms with E-state index in [1.807, 2.05) is 0 Å². The number of benzene rings is 1. The normalized spacial score (nSPS) is 11.0. The number of carbonyl (C=O) groups excluding carboxylic acids is 1. The predicted octanol–water partition coefficient (Wildman–Crippen LogP) is 2.49. The summed E-state index contributed by atoms with van der Waals surface area (Å²) in [6.07, 6.45) is 3.30. The third-order valence-corrected chi connectivity index (χ3v) is 5.24. The van der Waals surface area contributed by atoms with Crippen molar-refractivity contribution in [2.24, 2.45) is 0 Å². The molecule has 3 heterocycles. The zero-order chi connectivity index (χ0) is 21.3. The quantitative estimate of drug-likeness (QED) is 0.394. The fourth-order valence-electron chi connectivity index (χ4n) is 2.81. The largest absolute Gasteiger partial charge is 0.421 e. The van der Waals surface area contributed by atoms with Gasteiger partial charge in [0.25, 0.3) is 11.5 Å². The number of carbonyl (C=O) groups is 1. The summed E-state index contributed by atoms with van der Waals surface area (Å²) < 4.78 is 9.38. The molecule has 0 fully saturated rings. The summed E-state index contributed by atoms with van der Waals surface area (Å²) in [5, 5.41) is 11.5. The van der Waals surface area contributed by atoms with E-state index in [4.69, 9.17) is 4.42 Å². The van der Waals surface area contributed by atoms with Crippen LogP contribution >= 0.6 is 31.9 Å². The molecule has 1 N–H and O–H groups in total. The molecule has 0 saturated heterocycles. The number of rotatable bonds is 5. The maximum atomic E-state index is 12.5. The van der Waals surface area contributed by atoms with E-state index in [9.17, 15) is 14.4 Å². The Kier molecular flexibility index (Phi) is 5.64. The minimum atomic E-state index is -0.751. The molecule has 0 aliphatic carbocycles. The molecular formula is C19H13Br2N5O4. The number of amides is 1. The van der Waals surface area contributed by atoms with Crippen molar-refractivity contribution in [1.29, 1.82) is 0 Å². The summed E-state index contributed by atoms with van der Waals surface area (Å²) in [6, 6.07) is 9.62. The molecule has 152 valence electrons. The van der Waals surface area contributed by atoms with Crippen molar-refractivity contribution in [3.63, 3.8) is 0 Å². The lowest BCUT2D eigenvalue weighted by Gasteiger charge is -2.09. The van der Waals surface area contributed by atoms with Gasteiger partial charge in [0.1, 0.15) is 5.56 Å². The van der Waals surface area contributed by atoms with Crippen LogP contribution in [0.1, 0.15) is 10.4 Å². The summed E-state index contributed by atoms with van der Waals surface area (Å²) in [6.45, 7) is 0.212. The van der Waals surface area contributed by atoms with Gasteiger partial charge in [-0.1, -0.05) is 15.9 Å². The highest BCUT2D eigenvalue weighted by atomic mass is 79.9. The lowest BCUT2D eigenvalue weighted by atomic mass is 10.2. The summed E-state index contributed by atoms with van der Waals surface area (Å²) >= 11 is 6.69. The molecule has 3 aromatic heterocycles. The van der Waals surface area contributed by atoms with E-state index in [2.05, 4.69) is 47.4 Å². The molecule has 9 nitrogen and oxygen atoms in total. The summed E-state index contributed by atoms with van der Waals surface area (Å²) in [5.41, 5.74) is -0.844. The minimum Gasteiger partial charge on any atom is -0.421 e. The first-order valence-corrected chi connectivity index (χ1v) is 10.3. The highest BCUT2D eigenvalue weighted by molar-refractivity contribution is 9.11. The van der Waals surface area contributed by atoms with Gasteiger partial charge in [0.05, 0.1) is 11.0 Å². The van der Waals surface area contributed by atoms with Gasteiger partial charge >= 0.3 is 5.63 Å². The Bertz CT molecular complexity index is 1360. The lowest BCUT2D eigenvalue weighted by molar-refractivity contribution is 0.0948. The molecule has 11 heteroatoms. The van der Waals surface area contributed by atoms with Gasteiger partial charge in [-0.3, -0.25) is 9.59 Å². The second-order valence-corrected chi connectivity index (χ2v) is 7.98. The van der Waals surface area contributed by atoms with E-state index in [1.54, 1.807) is 36.7 Å². The van der Waals surface area contributed by atoms with Gasteiger partial charge in [0.2, 0.25) is 0 Å². The van der Waals surface area contributed by atoms with Crippen molar-refractivity contribution in [1.82, 2.24) is 24.9 Å². The Morgan fingerprint density at radius 2 is 2.00 bits per heavy atom. The Morgan fingerprint density at radius 3 is 2.77 bits per heavy atom. The highest BCUT2D eigenvalue weighted by Crippen LogP contribution is 2.27. The Labute approximate surface area is 185 Å². The maximum Gasteiger partial charge on any atom is 0.349 e. The molecule has 4 aromatic rings. The molecule has 0 atom stereocenters. The molecule has 0 radical (unpaired) electrons. The fourth-order valence-corrected chi connectivity index (χ4v) is 4.15. The van der Waals surface area contributed by atoms with E-state index in [0.29, 0.717) is 21.3 Å². The van der Waals surface area contributed by atoms with Crippen LogP contribution in [0.4, 0.5) is 0 Å². The van der Waals surface area contributed by atoms with Crippen molar-refractivity contribution in [3.05, 3.63) is 84.1 Å². The van der Waals surface area contributed by atoms with Gasteiger partial charge in [-0.15, -0.1) is 5.10 Å². The summed E-state index contributed by atoms with van der Waals surface area (Å²) in [4.78, 5) is 36.8. The Balaban J connectivity index is 1.51. The number of nitrogens with one attached hydrogen (secondary N) is 1. The second kappa shape index (κ2) is 8.36. The van der Waals surface area contributed by atoms with Gasteiger partial charge < -0.3 is 9.73 Å². The van der Waals surface area contributed by atoms with Gasteiger partial charge in [-0.2, -0.15) is 5.10 Å². The average molecular weight is 535 g/mol. The van der Waals surface area contributed by atoms with E-state index in [0.717, 1.165) is 4.47 Å². The van der Waals surface area contributed by atoms with E-state index < -0.39 is 11.5 Å². The molecule has 0 aliphatic heterocycles. The zero-order valence-corrected chi connectivity index (χ0v) is 18.4. The van der Waals surface area contributed by atoms with Crippen LogP contribution in [0, 0.1) is 0 Å². The minimum absolute atomic E-state index is 0.0912. The van der Waals surface area contributed by atoms with Crippen LogP contribution in [-0.4, -0.2) is 32.0 Å². The van der Waals surface area contributed by atoms with E-state index >= 15 is 0 Å². The zero-order valence-electron chi connectivity index (χ0n) is 15.2. The van der Waals surface area contributed by atoms with Crippen molar-refractivity contribution in [3.8, 4) is 5.82 Å². The second-order valence-electron chi connectivity index (χ2n) is 6.21. The number of hydrogen-bond acceptors (Lipinski definition) is 6. The molecule has 0 aliphatic rings. The molecule has 4 rings (SSSR count). The van der Waals surface area contributed by atoms with E-state index in [1.165, 1.54) is 21.5 Å². The van der Waals surface area contributed by atoms with Crippen LogP contribution in [0.2, 0.25) is 0 Å². The standard InChI is InChI=1S/C19H13Br2N5O4/c20-12-8-11-9-13(19(29)30-17(11)14(21)10-12)18(28)22-5-7-26-16(27)3-2-15(24-26)25-6-1-4-23-25/h1-4,6,8-10H,5,7H2,(H,22,28). The topological polar surface area (TPSA) is 112 Å². The van der Waals surface area contributed by atoms with Crippen LogP contribution in [0.3, 0.4) is 0 Å². The molecule has 1 amide bonds. The number of nitrogens with zero attached hydrogens (tertiary/aromatic N) is 4. The van der Waals surface area contributed by atoms with Crippen LogP contribution in [0.15, 0.2) is 71.7 Å². The van der Waals surface area contributed by atoms with Crippen LogP contribution in [0.25, 0.3) is 16.8 Å². The average Bonchev–Trinajstić information content (AvgIpc) is 3.24. The first-order valence-electron chi connectivity index (χ1n) is 8.71. The number of aromatic nitrogens is 4. The predicted molar refractivity (Wildman–Crippen MR) is 116 cm³/mol. The molecule has 1 aromatic carbocycles. The van der Waals surface area contributed by atoms with Gasteiger partial charge in [-0.05, 0) is 46.3 Å². The van der Waals surface area contributed by atoms with Gasteiger partial charge in [0, 0.05) is 34.9 Å². The monoisotopic (exact) mass is 533 g/mol. The molecule has 0 spiro atoms. The lowest BCUT2D eigenvalue weighted by Crippen LogP contribution is -2.34. The SMILES string of the molecule is O=C(NCCn1nc(-n2cccn2)ccc1=O)c1cc2cc(Br)cc(Br)c2oc1=O. The third kappa shape index (κ3) is 4.12. The van der Waals surface area contributed by atoms with Crippen molar-refractivity contribution in [2.45, 2.75) is 6.54 Å². The number of hydrogen-bond donors (Lipinski definition) is 1. The third-order valence-electron chi connectivity index (χ3n) is 4.20. The Morgan fingerprint density at radius 1 is 1.17 bits per heavy atom. The van der Waals surface area contributed by atoms with Crippen LogP contribution in [-0.2, 0) is 6.54 Å². The van der Waals surface area contributed by atoms with Crippen LogP contribution < -0.4 is 16.5 Å². The van der Waals surface area contributed by atoms with Crippen molar-refractivity contribution in [2.75, 3.05) is 6.54 Å². The van der Waals surface area contributed by atoms with Gasteiger partial charge in [-0.25, -0.2) is 14.2 Å². The molecule has 0 bridgehead atoms. The number of fused-ring (bicyclic) bond motifs is 1. The van der Waals surface area contributed by atoms with Gasteiger partial charge in [0.15, 0.2) is 11.4 Å². The van der Waals surface area contributed by atoms with Crippen molar-refractivity contribution >= 4 is 48.7 Å². The summed E-state index contributed by atoms with van der Waals surface area (Å²) in [7, 11) is 0. The number of halogens is 2. The smallest absolute Gasteiger partial charge is 0.349 e. The molecule has 30 heavy (non-hydrogen) atoms. The Hall–Kier alpha value is -3.05.